The number of carbonyl (C=O) groups is 1. The van der Waals surface area contributed by atoms with Crippen LogP contribution in [-0.4, -0.2) is 30.8 Å². The summed E-state index contributed by atoms with van der Waals surface area (Å²) in [7, 11) is 3.30. The Kier molecular flexibility index (Phi) is 8.04. The van der Waals surface area contributed by atoms with Gasteiger partial charge < -0.3 is 29.2 Å². The van der Waals surface area contributed by atoms with Crippen molar-refractivity contribution >= 4 is 34.7 Å². The lowest BCUT2D eigenvalue weighted by molar-refractivity contribution is -0.121. The lowest BCUT2D eigenvalue weighted by atomic mass is 9.91. The van der Waals surface area contributed by atoms with E-state index >= 15 is 0 Å². The fourth-order valence-corrected chi connectivity index (χ4v) is 5.16. The number of methoxy groups -OCH3 is 1. The largest absolute Gasteiger partial charge is 0.496 e. The number of ether oxygens (including phenoxy) is 4. The van der Waals surface area contributed by atoms with E-state index in [0.717, 1.165) is 27.9 Å². The number of likely N-dealkylation sites (N-methyl/N-ethyl adjacent to an activating group) is 1. The van der Waals surface area contributed by atoms with Gasteiger partial charge in [0.1, 0.15) is 41.0 Å². The minimum atomic E-state index is -0.794. The van der Waals surface area contributed by atoms with E-state index in [9.17, 15) is 9.18 Å². The fraction of sp³-hybridized carbons (Fsp3) is 0.212. The van der Waals surface area contributed by atoms with Crippen molar-refractivity contribution in [1.82, 2.24) is 0 Å². The van der Waals surface area contributed by atoms with Crippen molar-refractivity contribution in [3.63, 3.8) is 0 Å². The molecule has 0 radical (unpaired) electrons. The Morgan fingerprint density at radius 2 is 1.64 bits per heavy atom. The predicted octanol–water partition coefficient (Wildman–Crippen LogP) is 7.30. The van der Waals surface area contributed by atoms with Crippen LogP contribution in [0.25, 0.3) is 11.1 Å². The predicted molar refractivity (Wildman–Crippen MR) is 165 cm³/mol. The Morgan fingerprint density at radius 3 is 2.38 bits per heavy atom. The quantitative estimate of drug-likeness (QED) is 0.228. The maximum Gasteiger partial charge on any atom is 0.363 e. The topological polar surface area (TPSA) is 69.3 Å². The Labute approximate surface area is 249 Å². The van der Waals surface area contributed by atoms with Gasteiger partial charge in [0.15, 0.2) is 0 Å². The standard InChI is InChI=1S/C33H31FN2O5S/c1-20-11-12-21(34)17-28(20)39-19-26-24(15-16-27-30(26)36(4)31(37)33(2,3)35-27)25-14-13-23(18-29(25)38-5)41-32(42)40-22-9-7-6-8-10-22/h6-18,35H,19H2,1-5H3. The summed E-state index contributed by atoms with van der Waals surface area (Å²) >= 11 is 5.28. The second-order valence-electron chi connectivity index (χ2n) is 10.4. The molecule has 1 heterocycles. The number of aryl methyl sites for hydroxylation is 1. The zero-order valence-electron chi connectivity index (χ0n) is 24.0. The maximum absolute atomic E-state index is 14.0. The second-order valence-corrected chi connectivity index (χ2v) is 10.8. The number of thiocarbonyl (C=S) groups is 1. The van der Waals surface area contributed by atoms with E-state index in [2.05, 4.69) is 5.32 Å². The molecule has 4 aromatic rings. The molecule has 5 rings (SSSR count). The van der Waals surface area contributed by atoms with Gasteiger partial charge in [-0.25, -0.2) is 4.39 Å². The fourth-order valence-electron chi connectivity index (χ4n) is 4.97. The van der Waals surface area contributed by atoms with Gasteiger partial charge in [-0.1, -0.05) is 30.3 Å². The number of nitrogens with one attached hydrogen (secondary N) is 1. The minimum absolute atomic E-state index is 0.0573. The number of amides is 1. The average molecular weight is 587 g/mol. The molecular weight excluding hydrogens is 555 g/mol. The van der Waals surface area contributed by atoms with Crippen LogP contribution in [0.4, 0.5) is 15.8 Å². The zero-order chi connectivity index (χ0) is 30.0. The third-order valence-electron chi connectivity index (χ3n) is 7.04. The molecule has 1 amide bonds. The van der Waals surface area contributed by atoms with Gasteiger partial charge in [-0.05, 0) is 68.3 Å². The summed E-state index contributed by atoms with van der Waals surface area (Å²) in [6.07, 6.45) is 0. The van der Waals surface area contributed by atoms with E-state index in [4.69, 9.17) is 31.2 Å². The number of halogens is 1. The monoisotopic (exact) mass is 586 g/mol. The van der Waals surface area contributed by atoms with Crippen molar-refractivity contribution in [1.29, 1.82) is 0 Å². The van der Waals surface area contributed by atoms with Gasteiger partial charge in [-0.2, -0.15) is 0 Å². The normalized spacial score (nSPS) is 13.6. The molecule has 42 heavy (non-hydrogen) atoms. The van der Waals surface area contributed by atoms with Gasteiger partial charge in [0.25, 0.3) is 5.91 Å². The molecule has 0 saturated heterocycles. The molecule has 0 atom stereocenters. The number of hydrogen-bond acceptors (Lipinski definition) is 7. The molecule has 0 aromatic heterocycles. The second kappa shape index (κ2) is 11.7. The summed E-state index contributed by atoms with van der Waals surface area (Å²) in [5.74, 6) is 1.42. The van der Waals surface area contributed by atoms with Crippen LogP contribution in [0.5, 0.6) is 23.0 Å². The van der Waals surface area contributed by atoms with Gasteiger partial charge in [-0.15, -0.1) is 0 Å². The summed E-state index contributed by atoms with van der Waals surface area (Å²) in [6.45, 7) is 5.59. The van der Waals surface area contributed by atoms with E-state index < -0.39 is 11.4 Å². The molecule has 216 valence electrons. The number of carbonyl (C=O) groups excluding carboxylic acids is 1. The highest BCUT2D eigenvalue weighted by Gasteiger charge is 2.38. The molecule has 4 aromatic carbocycles. The minimum Gasteiger partial charge on any atom is -0.496 e. The molecule has 0 fully saturated rings. The van der Waals surface area contributed by atoms with E-state index in [1.54, 1.807) is 49.4 Å². The molecule has 1 aliphatic rings. The molecule has 1 aliphatic heterocycles. The number of benzene rings is 4. The Hall–Kier alpha value is -4.63. The van der Waals surface area contributed by atoms with Crippen LogP contribution >= 0.6 is 12.2 Å². The Bertz CT molecular complexity index is 1660. The molecule has 0 aliphatic carbocycles. The average Bonchev–Trinajstić information content (AvgIpc) is 2.96. The highest BCUT2D eigenvalue weighted by molar-refractivity contribution is 7.79. The van der Waals surface area contributed by atoms with Crippen molar-refractivity contribution in [3.05, 3.63) is 95.8 Å². The molecule has 1 N–H and O–H groups in total. The van der Waals surface area contributed by atoms with Crippen LogP contribution in [0.3, 0.4) is 0 Å². The molecule has 0 unspecified atom stereocenters. The van der Waals surface area contributed by atoms with Crippen molar-refractivity contribution in [2.24, 2.45) is 0 Å². The smallest absolute Gasteiger partial charge is 0.363 e. The van der Waals surface area contributed by atoms with Gasteiger partial charge in [-0.3, -0.25) is 4.79 Å². The lowest BCUT2D eigenvalue weighted by Crippen LogP contribution is -2.52. The van der Waals surface area contributed by atoms with Gasteiger partial charge in [0, 0.05) is 42.5 Å². The first-order valence-corrected chi connectivity index (χ1v) is 13.7. The first kappa shape index (κ1) is 28.9. The van der Waals surface area contributed by atoms with Crippen molar-refractivity contribution in [3.8, 4) is 34.1 Å². The van der Waals surface area contributed by atoms with E-state index in [1.165, 1.54) is 12.1 Å². The van der Waals surface area contributed by atoms with Crippen LogP contribution in [0.1, 0.15) is 25.0 Å². The Balaban J connectivity index is 1.54. The van der Waals surface area contributed by atoms with Crippen LogP contribution in [-0.2, 0) is 11.4 Å². The number of para-hydroxylation sites is 1. The van der Waals surface area contributed by atoms with E-state index in [0.29, 0.717) is 28.7 Å². The number of hydrogen-bond donors (Lipinski definition) is 1. The van der Waals surface area contributed by atoms with Crippen LogP contribution in [0.2, 0.25) is 0 Å². The highest BCUT2D eigenvalue weighted by Crippen LogP contribution is 2.45. The SMILES string of the molecule is COc1cc(OC(=S)Oc2ccccc2)ccc1-c1ccc2c(c1COc1cc(F)ccc1C)N(C)C(=O)C(C)(C)N2. The van der Waals surface area contributed by atoms with Gasteiger partial charge in [0.2, 0.25) is 0 Å². The summed E-state index contributed by atoms with van der Waals surface area (Å²) in [6, 6.07) is 22.7. The summed E-state index contributed by atoms with van der Waals surface area (Å²) in [4.78, 5) is 14.9. The van der Waals surface area contributed by atoms with Crippen molar-refractivity contribution < 1.29 is 28.1 Å². The number of fused-ring (bicyclic) bond motifs is 1. The molecule has 0 saturated carbocycles. The molecule has 9 heteroatoms. The zero-order valence-corrected chi connectivity index (χ0v) is 24.8. The lowest BCUT2D eigenvalue weighted by Gasteiger charge is -2.39. The highest BCUT2D eigenvalue weighted by atomic mass is 32.1. The third kappa shape index (κ3) is 5.87. The number of nitrogens with zero attached hydrogens (tertiary/aromatic N) is 1. The maximum atomic E-state index is 14.0. The van der Waals surface area contributed by atoms with E-state index in [1.807, 2.05) is 57.2 Å². The first-order valence-electron chi connectivity index (χ1n) is 13.3. The van der Waals surface area contributed by atoms with Crippen LogP contribution in [0.15, 0.2) is 78.9 Å². The summed E-state index contributed by atoms with van der Waals surface area (Å²) in [5.41, 5.74) is 3.69. The summed E-state index contributed by atoms with van der Waals surface area (Å²) < 4.78 is 37.3. The van der Waals surface area contributed by atoms with E-state index in [-0.39, 0.29) is 17.8 Å². The molecule has 0 bridgehead atoms. The number of anilines is 2. The summed E-state index contributed by atoms with van der Waals surface area (Å²) in [5, 5.41) is 3.29. The van der Waals surface area contributed by atoms with Crippen molar-refractivity contribution in [2.45, 2.75) is 32.9 Å². The molecular formula is C33H31FN2O5S. The molecule has 0 spiro atoms. The van der Waals surface area contributed by atoms with Crippen LogP contribution < -0.4 is 29.2 Å². The van der Waals surface area contributed by atoms with Crippen molar-refractivity contribution in [2.75, 3.05) is 24.4 Å². The Morgan fingerprint density at radius 1 is 0.929 bits per heavy atom. The van der Waals surface area contributed by atoms with Gasteiger partial charge in [0.05, 0.1) is 18.5 Å². The van der Waals surface area contributed by atoms with Gasteiger partial charge >= 0.3 is 5.24 Å². The third-order valence-corrected chi connectivity index (χ3v) is 7.20. The first-order chi connectivity index (χ1) is 20.1. The number of rotatable bonds is 7. The molecule has 7 nitrogen and oxygen atoms in total. The van der Waals surface area contributed by atoms with Crippen LogP contribution in [0, 0.1) is 12.7 Å².